The van der Waals surface area contributed by atoms with Crippen LogP contribution in [0.25, 0.3) is 0 Å². The number of amides is 1. The number of nitrogens with zero attached hydrogens (tertiary/aromatic N) is 3. The summed E-state index contributed by atoms with van der Waals surface area (Å²) in [5.74, 6) is -0.312. The highest BCUT2D eigenvalue weighted by Gasteiger charge is 2.35. The Morgan fingerprint density at radius 3 is 1.97 bits per heavy atom. The van der Waals surface area contributed by atoms with E-state index < -0.39 is 20.0 Å². The fraction of sp³-hybridized carbons (Fsp3) is 0.458. The Balaban J connectivity index is 1.29. The van der Waals surface area contributed by atoms with Crippen molar-refractivity contribution in [2.45, 2.75) is 30.4 Å². The number of carbonyl (C=O) groups excluding carboxylic acids is 1. The van der Waals surface area contributed by atoms with Crippen LogP contribution in [-0.4, -0.2) is 75.5 Å². The van der Waals surface area contributed by atoms with Crippen molar-refractivity contribution in [2.24, 2.45) is 5.92 Å². The third-order valence-corrected chi connectivity index (χ3v) is 11.0. The number of carbonyl (C=O) groups is 1. The maximum Gasteiger partial charge on any atom is 0.243 e. The predicted molar refractivity (Wildman–Crippen MR) is 138 cm³/mol. The minimum atomic E-state index is -3.59. The molecular formula is C24H30BrN3O5S2. The van der Waals surface area contributed by atoms with Crippen LogP contribution in [0.5, 0.6) is 0 Å². The van der Waals surface area contributed by atoms with Crippen LogP contribution in [0.1, 0.15) is 24.0 Å². The first-order valence-corrected chi connectivity index (χ1v) is 15.5. The number of halogens is 1. The van der Waals surface area contributed by atoms with Crippen molar-refractivity contribution in [2.75, 3.05) is 39.3 Å². The molecule has 190 valence electrons. The van der Waals surface area contributed by atoms with E-state index in [1.165, 1.54) is 8.61 Å². The second-order valence-electron chi connectivity index (χ2n) is 9.10. The van der Waals surface area contributed by atoms with E-state index in [9.17, 15) is 21.6 Å². The van der Waals surface area contributed by atoms with Crippen LogP contribution in [0.3, 0.4) is 0 Å². The van der Waals surface area contributed by atoms with E-state index in [1.807, 2.05) is 19.1 Å². The van der Waals surface area contributed by atoms with Crippen molar-refractivity contribution in [1.29, 1.82) is 0 Å². The number of piperazine rings is 1. The van der Waals surface area contributed by atoms with Crippen LogP contribution in [0.2, 0.25) is 0 Å². The lowest BCUT2D eigenvalue weighted by molar-refractivity contribution is -0.137. The minimum Gasteiger partial charge on any atom is -0.340 e. The Kier molecular flexibility index (Phi) is 8.02. The zero-order chi connectivity index (χ0) is 25.2. The molecule has 0 bridgehead atoms. The highest BCUT2D eigenvalue weighted by Crippen LogP contribution is 2.25. The first-order chi connectivity index (χ1) is 16.6. The second kappa shape index (κ2) is 10.7. The molecule has 0 radical (unpaired) electrons. The normalized spacial score (nSPS) is 19.1. The van der Waals surface area contributed by atoms with Gasteiger partial charge in [0.1, 0.15) is 0 Å². The highest BCUT2D eigenvalue weighted by atomic mass is 79.9. The zero-order valence-electron chi connectivity index (χ0n) is 19.6. The van der Waals surface area contributed by atoms with Gasteiger partial charge in [-0.25, -0.2) is 21.1 Å². The standard InChI is InChI=1S/C24H30BrN3O5S2/c1-19-2-8-23(9-3-19)35(32,33)28-16-14-26(15-17-28)24(29)21-10-12-27(13-11-21)34(30,31)18-20-4-6-22(25)7-5-20/h2-9,21H,10-18H2,1H3. The molecule has 2 aliphatic rings. The molecule has 0 spiro atoms. The van der Waals surface area contributed by atoms with Crippen molar-refractivity contribution in [1.82, 2.24) is 13.5 Å². The van der Waals surface area contributed by atoms with Crippen molar-refractivity contribution in [3.05, 3.63) is 64.1 Å². The fourth-order valence-corrected chi connectivity index (χ4v) is 7.78. The van der Waals surface area contributed by atoms with Gasteiger partial charge >= 0.3 is 0 Å². The van der Waals surface area contributed by atoms with Gasteiger partial charge in [-0.15, -0.1) is 0 Å². The summed E-state index contributed by atoms with van der Waals surface area (Å²) in [4.78, 5) is 15.1. The molecule has 8 nitrogen and oxygen atoms in total. The Bertz CT molecular complexity index is 1250. The van der Waals surface area contributed by atoms with E-state index in [-0.39, 0.29) is 35.6 Å². The Hall–Kier alpha value is -1.79. The lowest BCUT2D eigenvalue weighted by Gasteiger charge is -2.38. The van der Waals surface area contributed by atoms with E-state index in [0.717, 1.165) is 15.6 Å². The van der Waals surface area contributed by atoms with Crippen LogP contribution in [0, 0.1) is 12.8 Å². The van der Waals surface area contributed by atoms with E-state index in [2.05, 4.69) is 15.9 Å². The van der Waals surface area contributed by atoms with Crippen molar-refractivity contribution in [3.8, 4) is 0 Å². The van der Waals surface area contributed by atoms with Gasteiger partial charge in [-0.2, -0.15) is 4.31 Å². The molecule has 0 N–H and O–H groups in total. The van der Waals surface area contributed by atoms with Gasteiger partial charge in [-0.1, -0.05) is 45.8 Å². The third-order valence-electron chi connectivity index (χ3n) is 6.67. The number of rotatable bonds is 6. The molecule has 1 amide bonds. The van der Waals surface area contributed by atoms with Crippen LogP contribution >= 0.6 is 15.9 Å². The molecule has 2 fully saturated rings. The molecule has 35 heavy (non-hydrogen) atoms. The monoisotopic (exact) mass is 583 g/mol. The van der Waals surface area contributed by atoms with E-state index in [0.29, 0.717) is 39.0 Å². The lowest BCUT2D eigenvalue weighted by atomic mass is 9.96. The summed E-state index contributed by atoms with van der Waals surface area (Å²) in [5, 5.41) is 0. The van der Waals surface area contributed by atoms with Crippen LogP contribution in [0.4, 0.5) is 0 Å². The van der Waals surface area contributed by atoms with E-state index in [4.69, 9.17) is 0 Å². The van der Waals surface area contributed by atoms with E-state index in [1.54, 1.807) is 41.3 Å². The largest absolute Gasteiger partial charge is 0.340 e. The van der Waals surface area contributed by atoms with Crippen LogP contribution in [0.15, 0.2) is 57.9 Å². The summed E-state index contributed by atoms with van der Waals surface area (Å²) in [6.45, 7) is 3.72. The molecule has 0 saturated carbocycles. The SMILES string of the molecule is Cc1ccc(S(=O)(=O)N2CCN(C(=O)C3CCN(S(=O)(=O)Cc4ccc(Br)cc4)CC3)CC2)cc1. The smallest absolute Gasteiger partial charge is 0.243 e. The van der Waals surface area contributed by atoms with Crippen molar-refractivity contribution in [3.63, 3.8) is 0 Å². The van der Waals surface area contributed by atoms with Crippen LogP contribution in [-0.2, 0) is 30.6 Å². The third kappa shape index (κ3) is 6.14. The molecule has 0 aliphatic carbocycles. The maximum absolute atomic E-state index is 13.1. The summed E-state index contributed by atoms with van der Waals surface area (Å²) in [6, 6.07) is 14.0. The zero-order valence-corrected chi connectivity index (χ0v) is 22.9. The van der Waals surface area contributed by atoms with Crippen LogP contribution < -0.4 is 0 Å². The molecule has 2 saturated heterocycles. The Labute approximate surface area is 216 Å². The molecule has 0 aromatic heterocycles. The molecule has 0 unspecified atom stereocenters. The first-order valence-electron chi connectivity index (χ1n) is 11.6. The molecule has 4 rings (SSSR count). The Morgan fingerprint density at radius 1 is 0.829 bits per heavy atom. The number of piperidine rings is 1. The summed E-state index contributed by atoms with van der Waals surface area (Å²) in [7, 11) is -7.04. The summed E-state index contributed by atoms with van der Waals surface area (Å²) in [6.07, 6.45) is 0.945. The van der Waals surface area contributed by atoms with Crippen molar-refractivity contribution < 1.29 is 21.6 Å². The van der Waals surface area contributed by atoms with Gasteiger partial charge in [0.25, 0.3) is 0 Å². The number of benzene rings is 2. The number of hydrogen-bond acceptors (Lipinski definition) is 5. The Morgan fingerprint density at radius 2 is 1.40 bits per heavy atom. The molecule has 2 aromatic rings. The number of aryl methyl sites for hydroxylation is 1. The molecule has 2 aliphatic heterocycles. The number of hydrogen-bond donors (Lipinski definition) is 0. The van der Waals surface area contributed by atoms with Gasteiger partial charge in [0.2, 0.25) is 26.0 Å². The van der Waals surface area contributed by atoms with Gasteiger partial charge in [-0.3, -0.25) is 4.79 Å². The first kappa shape index (κ1) is 26.3. The highest BCUT2D eigenvalue weighted by molar-refractivity contribution is 9.10. The average molecular weight is 585 g/mol. The summed E-state index contributed by atoms with van der Waals surface area (Å²) >= 11 is 3.35. The van der Waals surface area contributed by atoms with Gasteiger partial charge in [0.05, 0.1) is 10.6 Å². The fourth-order valence-electron chi connectivity index (χ4n) is 4.53. The minimum absolute atomic E-state index is 0.0117. The predicted octanol–water partition coefficient (Wildman–Crippen LogP) is 2.83. The molecule has 2 aromatic carbocycles. The summed E-state index contributed by atoms with van der Waals surface area (Å²) < 4.78 is 55.3. The average Bonchev–Trinajstić information content (AvgIpc) is 2.85. The summed E-state index contributed by atoms with van der Waals surface area (Å²) in [5.41, 5.74) is 1.72. The topological polar surface area (TPSA) is 95.1 Å². The van der Waals surface area contributed by atoms with Gasteiger partial charge < -0.3 is 4.90 Å². The maximum atomic E-state index is 13.1. The van der Waals surface area contributed by atoms with Crippen molar-refractivity contribution >= 4 is 41.9 Å². The molecular weight excluding hydrogens is 554 g/mol. The lowest BCUT2D eigenvalue weighted by Crippen LogP contribution is -2.53. The number of sulfonamides is 2. The van der Waals surface area contributed by atoms with Gasteiger partial charge in [0.15, 0.2) is 0 Å². The molecule has 11 heteroatoms. The van der Waals surface area contributed by atoms with Gasteiger partial charge in [-0.05, 0) is 49.6 Å². The molecule has 2 heterocycles. The van der Waals surface area contributed by atoms with Gasteiger partial charge in [0, 0.05) is 49.7 Å². The molecule has 0 atom stereocenters. The second-order valence-corrected chi connectivity index (χ2v) is 13.9. The quantitative estimate of drug-likeness (QED) is 0.521. The van der Waals surface area contributed by atoms with E-state index >= 15 is 0 Å².